The third kappa shape index (κ3) is 3.51. The number of rotatable bonds is 6. The fourth-order valence-corrected chi connectivity index (χ4v) is 2.14. The summed E-state index contributed by atoms with van der Waals surface area (Å²) in [6.07, 6.45) is 3.44. The normalized spacial score (nSPS) is 10.5. The van der Waals surface area contributed by atoms with E-state index < -0.39 is 0 Å². The Hall–Kier alpha value is -2.10. The van der Waals surface area contributed by atoms with Crippen LogP contribution in [0.4, 0.5) is 5.82 Å². The highest BCUT2D eigenvalue weighted by molar-refractivity contribution is 5.50. The molecular formula is C17H23N3O. The first-order chi connectivity index (χ1) is 10.2. The number of hydrogen-bond acceptors (Lipinski definition) is 4. The third-order valence-corrected chi connectivity index (χ3v) is 3.56. The van der Waals surface area contributed by atoms with Gasteiger partial charge >= 0.3 is 0 Å². The summed E-state index contributed by atoms with van der Waals surface area (Å²) in [5.74, 6) is 2.36. The van der Waals surface area contributed by atoms with Crippen LogP contribution >= 0.6 is 0 Å². The Morgan fingerprint density at radius 2 is 1.95 bits per heavy atom. The van der Waals surface area contributed by atoms with Crippen molar-refractivity contribution in [1.82, 2.24) is 9.97 Å². The second-order valence-corrected chi connectivity index (χ2v) is 5.09. The molecule has 0 bridgehead atoms. The monoisotopic (exact) mass is 285 g/mol. The molecule has 0 fully saturated rings. The molecule has 0 aliphatic rings. The Labute approximate surface area is 126 Å². The minimum absolute atomic E-state index is 0.639. The molecule has 1 N–H and O–H groups in total. The van der Waals surface area contributed by atoms with Gasteiger partial charge in [-0.3, -0.25) is 0 Å². The summed E-state index contributed by atoms with van der Waals surface area (Å²) in [6.45, 7) is 9.26. The number of hydrogen-bond donors (Lipinski definition) is 1. The van der Waals surface area contributed by atoms with E-state index in [1.54, 1.807) is 6.33 Å². The third-order valence-electron chi connectivity index (χ3n) is 3.56. The number of anilines is 1. The standard InChI is InChI=1S/C17H23N3O/c1-5-10-18-16-14(6-2)17(20-11-19-16)21-15-9-7-8-12(3)13(15)4/h7-9,11H,5-6,10H2,1-4H3,(H,18,19,20). The molecule has 4 nitrogen and oxygen atoms in total. The van der Waals surface area contributed by atoms with Crippen LogP contribution in [0.5, 0.6) is 11.6 Å². The van der Waals surface area contributed by atoms with Gasteiger partial charge in [-0.25, -0.2) is 9.97 Å². The highest BCUT2D eigenvalue weighted by atomic mass is 16.5. The van der Waals surface area contributed by atoms with Gasteiger partial charge in [-0.05, 0) is 43.9 Å². The predicted molar refractivity (Wildman–Crippen MR) is 86.2 cm³/mol. The molecule has 1 aromatic heterocycles. The molecule has 0 amide bonds. The second kappa shape index (κ2) is 7.07. The van der Waals surface area contributed by atoms with Crippen molar-refractivity contribution in [3.63, 3.8) is 0 Å². The average Bonchev–Trinajstić information content (AvgIpc) is 2.50. The van der Waals surface area contributed by atoms with Crippen LogP contribution in [-0.4, -0.2) is 16.5 Å². The summed E-state index contributed by atoms with van der Waals surface area (Å²) in [6, 6.07) is 6.06. The SMILES string of the molecule is CCCNc1ncnc(Oc2cccc(C)c2C)c1CC. The number of aryl methyl sites for hydroxylation is 1. The topological polar surface area (TPSA) is 47.0 Å². The lowest BCUT2D eigenvalue weighted by molar-refractivity contribution is 0.452. The van der Waals surface area contributed by atoms with E-state index >= 15 is 0 Å². The van der Waals surface area contributed by atoms with E-state index in [2.05, 4.69) is 49.0 Å². The Morgan fingerprint density at radius 3 is 2.67 bits per heavy atom. The lowest BCUT2D eigenvalue weighted by atomic mass is 10.1. The van der Waals surface area contributed by atoms with E-state index in [-0.39, 0.29) is 0 Å². The Morgan fingerprint density at radius 1 is 1.14 bits per heavy atom. The summed E-state index contributed by atoms with van der Waals surface area (Å²) in [5.41, 5.74) is 3.37. The van der Waals surface area contributed by atoms with Crippen molar-refractivity contribution in [3.8, 4) is 11.6 Å². The molecule has 0 unspecified atom stereocenters. The second-order valence-electron chi connectivity index (χ2n) is 5.09. The molecule has 0 spiro atoms. The predicted octanol–water partition coefficient (Wildman–Crippen LogP) is 4.27. The molecule has 4 heteroatoms. The fourth-order valence-electron chi connectivity index (χ4n) is 2.14. The maximum atomic E-state index is 6.04. The molecule has 21 heavy (non-hydrogen) atoms. The zero-order valence-corrected chi connectivity index (χ0v) is 13.2. The summed E-state index contributed by atoms with van der Waals surface area (Å²) in [4.78, 5) is 8.64. The van der Waals surface area contributed by atoms with Crippen LogP contribution in [0.1, 0.15) is 37.0 Å². The van der Waals surface area contributed by atoms with E-state index in [1.807, 2.05) is 12.1 Å². The zero-order valence-electron chi connectivity index (χ0n) is 13.2. The minimum Gasteiger partial charge on any atom is -0.438 e. The number of benzene rings is 1. The van der Waals surface area contributed by atoms with Gasteiger partial charge in [0.2, 0.25) is 5.88 Å². The van der Waals surface area contributed by atoms with Crippen LogP contribution in [0.3, 0.4) is 0 Å². The number of nitrogens with zero attached hydrogens (tertiary/aromatic N) is 2. The van der Waals surface area contributed by atoms with Crippen molar-refractivity contribution >= 4 is 5.82 Å². The molecule has 0 atom stereocenters. The quantitative estimate of drug-likeness (QED) is 0.861. The van der Waals surface area contributed by atoms with Crippen LogP contribution in [0.15, 0.2) is 24.5 Å². The van der Waals surface area contributed by atoms with Gasteiger partial charge in [0.25, 0.3) is 0 Å². The van der Waals surface area contributed by atoms with Crippen molar-refractivity contribution in [2.45, 2.75) is 40.5 Å². The van der Waals surface area contributed by atoms with E-state index in [0.29, 0.717) is 5.88 Å². The highest BCUT2D eigenvalue weighted by Crippen LogP contribution is 2.30. The molecule has 2 rings (SSSR count). The number of nitrogens with one attached hydrogen (secondary N) is 1. The largest absolute Gasteiger partial charge is 0.438 e. The Kier molecular flexibility index (Phi) is 5.14. The van der Waals surface area contributed by atoms with Crippen molar-refractivity contribution in [3.05, 3.63) is 41.2 Å². The van der Waals surface area contributed by atoms with E-state index in [0.717, 1.165) is 42.1 Å². The summed E-state index contributed by atoms with van der Waals surface area (Å²) in [7, 11) is 0. The van der Waals surface area contributed by atoms with Gasteiger partial charge in [0, 0.05) is 6.54 Å². The minimum atomic E-state index is 0.639. The van der Waals surface area contributed by atoms with Crippen LogP contribution < -0.4 is 10.1 Å². The lowest BCUT2D eigenvalue weighted by Gasteiger charge is -2.15. The van der Waals surface area contributed by atoms with Crippen molar-refractivity contribution in [2.75, 3.05) is 11.9 Å². The summed E-state index contributed by atoms with van der Waals surface area (Å²) < 4.78 is 6.04. The van der Waals surface area contributed by atoms with Crippen molar-refractivity contribution < 1.29 is 4.74 Å². The molecule has 0 saturated carbocycles. The molecule has 0 aliphatic heterocycles. The summed E-state index contributed by atoms with van der Waals surface area (Å²) in [5, 5.41) is 3.33. The van der Waals surface area contributed by atoms with Gasteiger partial charge in [-0.2, -0.15) is 0 Å². The fraction of sp³-hybridized carbons (Fsp3) is 0.412. The smallest absolute Gasteiger partial charge is 0.227 e. The molecule has 1 aromatic carbocycles. The first-order valence-electron chi connectivity index (χ1n) is 7.49. The molecule has 112 valence electrons. The lowest BCUT2D eigenvalue weighted by Crippen LogP contribution is -2.07. The highest BCUT2D eigenvalue weighted by Gasteiger charge is 2.13. The zero-order chi connectivity index (χ0) is 15.2. The van der Waals surface area contributed by atoms with Crippen molar-refractivity contribution in [1.29, 1.82) is 0 Å². The summed E-state index contributed by atoms with van der Waals surface area (Å²) >= 11 is 0. The van der Waals surface area contributed by atoms with Gasteiger partial charge in [-0.1, -0.05) is 26.0 Å². The van der Waals surface area contributed by atoms with Gasteiger partial charge in [0.15, 0.2) is 0 Å². The van der Waals surface area contributed by atoms with Gasteiger partial charge < -0.3 is 10.1 Å². The molecule has 2 aromatic rings. The van der Waals surface area contributed by atoms with Crippen LogP contribution in [0.2, 0.25) is 0 Å². The molecule has 1 heterocycles. The van der Waals surface area contributed by atoms with Gasteiger partial charge in [0.1, 0.15) is 17.9 Å². The molecule has 0 radical (unpaired) electrons. The molecular weight excluding hydrogens is 262 g/mol. The van der Waals surface area contributed by atoms with E-state index in [1.165, 1.54) is 5.56 Å². The van der Waals surface area contributed by atoms with E-state index in [9.17, 15) is 0 Å². The maximum absolute atomic E-state index is 6.04. The van der Waals surface area contributed by atoms with Gasteiger partial charge in [0.05, 0.1) is 5.56 Å². The Bertz CT molecular complexity index is 611. The Balaban J connectivity index is 2.33. The average molecular weight is 285 g/mol. The molecule has 0 saturated heterocycles. The van der Waals surface area contributed by atoms with Crippen LogP contribution in [-0.2, 0) is 6.42 Å². The number of ether oxygens (including phenoxy) is 1. The first-order valence-corrected chi connectivity index (χ1v) is 7.49. The van der Waals surface area contributed by atoms with Crippen LogP contribution in [0, 0.1) is 13.8 Å². The molecule has 0 aliphatic carbocycles. The number of aromatic nitrogens is 2. The van der Waals surface area contributed by atoms with Gasteiger partial charge in [-0.15, -0.1) is 0 Å². The van der Waals surface area contributed by atoms with Crippen LogP contribution in [0.25, 0.3) is 0 Å². The van der Waals surface area contributed by atoms with Crippen molar-refractivity contribution in [2.24, 2.45) is 0 Å². The van der Waals surface area contributed by atoms with E-state index in [4.69, 9.17) is 4.74 Å². The maximum Gasteiger partial charge on any atom is 0.227 e. The first kappa shape index (κ1) is 15.3.